The summed E-state index contributed by atoms with van der Waals surface area (Å²) in [6.07, 6.45) is 4.68. The van der Waals surface area contributed by atoms with Gasteiger partial charge in [-0.2, -0.15) is 0 Å². The molecule has 1 fully saturated rings. The molecule has 1 aliphatic carbocycles. The van der Waals surface area contributed by atoms with Gasteiger partial charge in [0.1, 0.15) is 0 Å². The van der Waals surface area contributed by atoms with Crippen molar-refractivity contribution in [3.63, 3.8) is 0 Å². The van der Waals surface area contributed by atoms with Gasteiger partial charge in [0.15, 0.2) is 0 Å². The number of nitrogens with two attached hydrogens (primary N) is 1. The quantitative estimate of drug-likeness (QED) is 0.854. The Kier molecular flexibility index (Phi) is 5.44. The van der Waals surface area contributed by atoms with E-state index in [0.717, 1.165) is 34.1 Å². The summed E-state index contributed by atoms with van der Waals surface area (Å²) >= 11 is 1.48. The van der Waals surface area contributed by atoms with Crippen molar-refractivity contribution in [2.24, 2.45) is 11.7 Å². The number of carbonyl (C=O) groups is 1. The molecule has 1 aromatic rings. The van der Waals surface area contributed by atoms with Crippen LogP contribution in [0.2, 0.25) is 0 Å². The van der Waals surface area contributed by atoms with E-state index in [9.17, 15) is 4.79 Å². The van der Waals surface area contributed by atoms with Gasteiger partial charge in [0.25, 0.3) is 5.91 Å². The minimum Gasteiger partial charge on any atom is -0.338 e. The Labute approximate surface area is 131 Å². The number of thiophene rings is 1. The van der Waals surface area contributed by atoms with E-state index in [1.807, 2.05) is 24.9 Å². The van der Waals surface area contributed by atoms with Gasteiger partial charge in [-0.1, -0.05) is 18.8 Å². The SMILES string of the molecule is Cc1cc(C(=O)N(C)C2CCC(C)CC2)sc1C#CCN. The van der Waals surface area contributed by atoms with Crippen LogP contribution in [0.1, 0.15) is 52.7 Å². The number of nitrogens with zero attached hydrogens (tertiary/aromatic N) is 1. The Morgan fingerprint density at radius 2 is 2.10 bits per heavy atom. The summed E-state index contributed by atoms with van der Waals surface area (Å²) in [5.74, 6) is 6.83. The molecule has 1 heterocycles. The second kappa shape index (κ2) is 7.11. The molecule has 0 bridgehead atoms. The molecule has 1 amide bonds. The molecule has 3 nitrogen and oxygen atoms in total. The molecule has 0 atom stereocenters. The lowest BCUT2D eigenvalue weighted by Crippen LogP contribution is -2.38. The average Bonchev–Trinajstić information content (AvgIpc) is 2.85. The molecule has 2 rings (SSSR count). The molecule has 1 saturated carbocycles. The number of hydrogen-bond acceptors (Lipinski definition) is 3. The first-order valence-electron chi connectivity index (χ1n) is 7.59. The fraction of sp³-hybridized carbons (Fsp3) is 0.588. The maximum absolute atomic E-state index is 12.6. The van der Waals surface area contributed by atoms with Crippen LogP contribution in [0, 0.1) is 24.7 Å². The molecule has 0 saturated heterocycles. The van der Waals surface area contributed by atoms with Crippen molar-refractivity contribution in [2.75, 3.05) is 13.6 Å². The molecular formula is C17H24N2OS. The largest absolute Gasteiger partial charge is 0.338 e. The van der Waals surface area contributed by atoms with Gasteiger partial charge in [0, 0.05) is 13.1 Å². The zero-order valence-electron chi connectivity index (χ0n) is 13.1. The van der Waals surface area contributed by atoms with Crippen LogP contribution in [0.3, 0.4) is 0 Å². The van der Waals surface area contributed by atoms with Crippen LogP contribution in [0.25, 0.3) is 0 Å². The maximum Gasteiger partial charge on any atom is 0.263 e. The van der Waals surface area contributed by atoms with Gasteiger partial charge in [0.2, 0.25) is 0 Å². The summed E-state index contributed by atoms with van der Waals surface area (Å²) in [6, 6.07) is 2.34. The Morgan fingerprint density at radius 1 is 1.43 bits per heavy atom. The van der Waals surface area contributed by atoms with Crippen LogP contribution in [0.5, 0.6) is 0 Å². The zero-order chi connectivity index (χ0) is 15.4. The monoisotopic (exact) mass is 304 g/mol. The number of carbonyl (C=O) groups excluding carboxylic acids is 1. The van der Waals surface area contributed by atoms with Gasteiger partial charge in [-0.05, 0) is 50.2 Å². The summed E-state index contributed by atoms with van der Waals surface area (Å²) < 4.78 is 0. The lowest BCUT2D eigenvalue weighted by Gasteiger charge is -2.33. The van der Waals surface area contributed by atoms with Gasteiger partial charge >= 0.3 is 0 Å². The van der Waals surface area contributed by atoms with Crippen molar-refractivity contribution in [3.8, 4) is 11.8 Å². The summed E-state index contributed by atoms with van der Waals surface area (Å²) in [5.41, 5.74) is 6.47. The second-order valence-corrected chi connectivity index (χ2v) is 7.01. The first-order valence-corrected chi connectivity index (χ1v) is 8.41. The lowest BCUT2D eigenvalue weighted by molar-refractivity contribution is 0.0684. The standard InChI is InChI=1S/C17H24N2OS/c1-12-6-8-14(9-7-12)19(3)17(20)16-11-13(2)15(21-16)5-4-10-18/h11-12,14H,6-10,18H2,1-3H3. The third kappa shape index (κ3) is 3.87. The fourth-order valence-corrected chi connectivity index (χ4v) is 3.84. The highest BCUT2D eigenvalue weighted by Crippen LogP contribution is 2.29. The summed E-state index contributed by atoms with van der Waals surface area (Å²) in [4.78, 5) is 16.3. The van der Waals surface area contributed by atoms with Crippen LogP contribution < -0.4 is 5.73 Å². The third-order valence-electron chi connectivity index (χ3n) is 4.29. The van der Waals surface area contributed by atoms with E-state index < -0.39 is 0 Å². The van der Waals surface area contributed by atoms with Gasteiger partial charge in [-0.25, -0.2) is 0 Å². The second-order valence-electron chi connectivity index (χ2n) is 5.96. The fourth-order valence-electron chi connectivity index (χ4n) is 2.81. The van der Waals surface area contributed by atoms with Gasteiger partial charge in [-0.3, -0.25) is 4.79 Å². The third-order valence-corrected chi connectivity index (χ3v) is 5.43. The molecule has 0 spiro atoms. The van der Waals surface area contributed by atoms with Crippen LogP contribution in [-0.2, 0) is 0 Å². The van der Waals surface area contributed by atoms with Crippen LogP contribution in [0.4, 0.5) is 0 Å². The average molecular weight is 304 g/mol. The maximum atomic E-state index is 12.6. The molecule has 0 unspecified atom stereocenters. The van der Waals surface area contributed by atoms with Gasteiger partial charge < -0.3 is 10.6 Å². The van der Waals surface area contributed by atoms with Gasteiger partial charge in [-0.15, -0.1) is 11.3 Å². The predicted octanol–water partition coefficient (Wildman–Crippen LogP) is 3.02. The van der Waals surface area contributed by atoms with Crippen LogP contribution >= 0.6 is 11.3 Å². The number of rotatable bonds is 2. The molecule has 0 radical (unpaired) electrons. The molecule has 21 heavy (non-hydrogen) atoms. The van der Waals surface area contributed by atoms with E-state index in [2.05, 4.69) is 18.8 Å². The van der Waals surface area contributed by atoms with E-state index in [4.69, 9.17) is 5.73 Å². The number of aryl methyl sites for hydroxylation is 1. The van der Waals surface area contributed by atoms with E-state index >= 15 is 0 Å². The molecule has 2 N–H and O–H groups in total. The van der Waals surface area contributed by atoms with E-state index in [1.165, 1.54) is 24.2 Å². The Hall–Kier alpha value is -1.31. The summed E-state index contributed by atoms with van der Waals surface area (Å²) in [7, 11) is 1.93. The molecule has 1 aliphatic rings. The van der Waals surface area contributed by atoms with Crippen molar-refractivity contribution >= 4 is 17.2 Å². The first kappa shape index (κ1) is 16.1. The van der Waals surface area contributed by atoms with Crippen molar-refractivity contribution < 1.29 is 4.79 Å². The Balaban J connectivity index is 2.09. The molecule has 4 heteroatoms. The van der Waals surface area contributed by atoms with Crippen molar-refractivity contribution in [3.05, 3.63) is 21.4 Å². The van der Waals surface area contributed by atoms with Crippen molar-refractivity contribution in [2.45, 2.75) is 45.6 Å². The van der Waals surface area contributed by atoms with E-state index in [1.54, 1.807) is 0 Å². The Morgan fingerprint density at radius 3 is 2.71 bits per heavy atom. The molecule has 0 aliphatic heterocycles. The highest BCUT2D eigenvalue weighted by molar-refractivity contribution is 7.14. The molecule has 114 valence electrons. The van der Waals surface area contributed by atoms with Gasteiger partial charge in [0.05, 0.1) is 16.3 Å². The summed E-state index contributed by atoms with van der Waals surface area (Å²) in [5, 5.41) is 0. The van der Waals surface area contributed by atoms with Crippen molar-refractivity contribution in [1.29, 1.82) is 0 Å². The number of amides is 1. The zero-order valence-corrected chi connectivity index (χ0v) is 13.9. The summed E-state index contributed by atoms with van der Waals surface area (Å²) in [6.45, 7) is 4.64. The first-order chi connectivity index (χ1) is 10.0. The minimum atomic E-state index is 0.128. The normalized spacial score (nSPS) is 21.5. The van der Waals surface area contributed by atoms with E-state index in [0.29, 0.717) is 12.6 Å². The highest BCUT2D eigenvalue weighted by atomic mass is 32.1. The molecule has 0 aromatic carbocycles. The van der Waals surface area contributed by atoms with Crippen LogP contribution in [-0.4, -0.2) is 30.4 Å². The molecule has 1 aromatic heterocycles. The Bertz CT molecular complexity index is 559. The molecular weight excluding hydrogens is 280 g/mol. The van der Waals surface area contributed by atoms with E-state index in [-0.39, 0.29) is 5.91 Å². The van der Waals surface area contributed by atoms with Crippen LogP contribution in [0.15, 0.2) is 6.07 Å². The van der Waals surface area contributed by atoms with Crippen molar-refractivity contribution in [1.82, 2.24) is 4.90 Å². The topological polar surface area (TPSA) is 46.3 Å². The smallest absolute Gasteiger partial charge is 0.263 e. The number of hydrogen-bond donors (Lipinski definition) is 1. The predicted molar refractivity (Wildman–Crippen MR) is 88.5 cm³/mol. The minimum absolute atomic E-state index is 0.128. The lowest BCUT2D eigenvalue weighted by atomic mass is 9.87. The highest BCUT2D eigenvalue weighted by Gasteiger charge is 2.26.